The van der Waals surface area contributed by atoms with Gasteiger partial charge < -0.3 is 24.8 Å². The Morgan fingerprint density at radius 1 is 0.946 bits per heavy atom. The second kappa shape index (κ2) is 12.0. The first kappa shape index (κ1) is 25.7. The highest BCUT2D eigenvalue weighted by Gasteiger charge is 2.46. The maximum Gasteiger partial charge on any atom is 0.411 e. The van der Waals surface area contributed by atoms with Crippen LogP contribution >= 0.6 is 0 Å². The number of cyclic esters (lactones) is 1. The normalized spacial score (nSPS) is 16.7. The molecular formula is C28H29N3O6. The maximum absolute atomic E-state index is 13.2. The molecule has 3 aromatic carbocycles. The minimum Gasteiger partial charge on any atom is -0.497 e. The van der Waals surface area contributed by atoms with Crippen LogP contribution in [0, 0.1) is 0 Å². The van der Waals surface area contributed by atoms with Gasteiger partial charge in [-0.1, -0.05) is 42.5 Å². The van der Waals surface area contributed by atoms with Crippen molar-refractivity contribution in [1.29, 1.82) is 0 Å². The zero-order valence-corrected chi connectivity index (χ0v) is 20.7. The van der Waals surface area contributed by atoms with Gasteiger partial charge >= 0.3 is 6.09 Å². The van der Waals surface area contributed by atoms with E-state index in [0.29, 0.717) is 35.7 Å². The number of nitrogens with zero attached hydrogens (tertiary/aromatic N) is 1. The third-order valence-electron chi connectivity index (χ3n) is 6.00. The van der Waals surface area contributed by atoms with Crippen molar-refractivity contribution in [2.24, 2.45) is 0 Å². The summed E-state index contributed by atoms with van der Waals surface area (Å²) in [6.07, 6.45) is -1.39. The van der Waals surface area contributed by atoms with Gasteiger partial charge in [-0.25, -0.2) is 4.79 Å². The number of carbonyl (C=O) groups is 3. The lowest BCUT2D eigenvalue weighted by molar-refractivity contribution is -0.126. The number of hydrogen-bond acceptors (Lipinski definition) is 6. The third-order valence-corrected chi connectivity index (χ3v) is 6.00. The molecule has 9 nitrogen and oxygen atoms in total. The van der Waals surface area contributed by atoms with Crippen molar-refractivity contribution in [3.05, 3.63) is 95.6 Å². The number of rotatable bonds is 10. The second-order valence-corrected chi connectivity index (χ2v) is 8.45. The van der Waals surface area contributed by atoms with E-state index in [1.165, 1.54) is 4.90 Å². The van der Waals surface area contributed by atoms with E-state index >= 15 is 0 Å². The Bertz CT molecular complexity index is 1210. The van der Waals surface area contributed by atoms with E-state index in [2.05, 4.69) is 10.6 Å². The summed E-state index contributed by atoms with van der Waals surface area (Å²) in [7, 11) is 3.11. The van der Waals surface area contributed by atoms with Crippen LogP contribution in [-0.2, 0) is 20.8 Å². The van der Waals surface area contributed by atoms with Crippen molar-refractivity contribution < 1.29 is 28.6 Å². The highest BCUT2D eigenvalue weighted by molar-refractivity contribution is 6.04. The average Bonchev–Trinajstić information content (AvgIpc) is 3.25. The summed E-state index contributed by atoms with van der Waals surface area (Å²) in [6, 6.07) is 22.2. The summed E-state index contributed by atoms with van der Waals surface area (Å²) in [5.74, 6) is 0.0574. The Balaban J connectivity index is 1.51. The molecule has 0 aromatic heterocycles. The van der Waals surface area contributed by atoms with Crippen molar-refractivity contribution in [3.63, 3.8) is 0 Å². The smallest absolute Gasteiger partial charge is 0.411 e. The molecule has 0 unspecified atom stereocenters. The Kier molecular flexibility index (Phi) is 8.37. The highest BCUT2D eigenvalue weighted by atomic mass is 16.6. The quantitative estimate of drug-likeness (QED) is 0.408. The number of anilines is 1. The van der Waals surface area contributed by atoms with Crippen molar-refractivity contribution in [3.8, 4) is 5.75 Å². The summed E-state index contributed by atoms with van der Waals surface area (Å²) in [5.41, 5.74) is 2.57. The number of ether oxygens (including phenoxy) is 3. The van der Waals surface area contributed by atoms with E-state index in [0.717, 1.165) is 5.56 Å². The molecule has 0 aliphatic carbocycles. The van der Waals surface area contributed by atoms with E-state index in [1.807, 2.05) is 30.3 Å². The fourth-order valence-corrected chi connectivity index (χ4v) is 4.07. The lowest BCUT2D eigenvalue weighted by atomic mass is 10.00. The van der Waals surface area contributed by atoms with Crippen LogP contribution in [0.5, 0.6) is 5.75 Å². The Morgan fingerprint density at radius 2 is 1.65 bits per heavy atom. The van der Waals surface area contributed by atoms with Crippen LogP contribution in [-0.4, -0.2) is 56.2 Å². The van der Waals surface area contributed by atoms with Gasteiger partial charge in [-0.3, -0.25) is 14.5 Å². The summed E-state index contributed by atoms with van der Waals surface area (Å²) < 4.78 is 15.8. The number of carbonyl (C=O) groups excluding carboxylic acids is 3. The van der Waals surface area contributed by atoms with Crippen molar-refractivity contribution in [2.45, 2.75) is 18.7 Å². The SMILES string of the molecule is COCCNC(=O)[C@H]1[C@H](c2ccc(NC(=O)c3ccc(OC)cc3)cc2)OC(=O)N1Cc1ccccc1. The monoisotopic (exact) mass is 503 g/mol. The molecule has 37 heavy (non-hydrogen) atoms. The lowest BCUT2D eigenvalue weighted by Crippen LogP contribution is -2.46. The number of nitrogens with one attached hydrogen (secondary N) is 2. The van der Waals surface area contributed by atoms with Gasteiger partial charge in [0.1, 0.15) is 5.75 Å². The summed E-state index contributed by atoms with van der Waals surface area (Å²) >= 11 is 0. The molecule has 0 spiro atoms. The van der Waals surface area contributed by atoms with E-state index in [4.69, 9.17) is 14.2 Å². The van der Waals surface area contributed by atoms with E-state index in [-0.39, 0.29) is 18.4 Å². The van der Waals surface area contributed by atoms with Gasteiger partial charge in [0.25, 0.3) is 5.91 Å². The summed E-state index contributed by atoms with van der Waals surface area (Å²) in [5, 5.41) is 5.66. The molecule has 9 heteroatoms. The van der Waals surface area contributed by atoms with Crippen LogP contribution in [0.25, 0.3) is 0 Å². The fourth-order valence-electron chi connectivity index (χ4n) is 4.07. The first-order valence-corrected chi connectivity index (χ1v) is 11.8. The van der Waals surface area contributed by atoms with Gasteiger partial charge in [0.2, 0.25) is 5.91 Å². The van der Waals surface area contributed by atoms with E-state index in [9.17, 15) is 14.4 Å². The van der Waals surface area contributed by atoms with Gasteiger partial charge in [0.05, 0.1) is 20.3 Å². The van der Waals surface area contributed by atoms with Crippen LogP contribution in [0.3, 0.4) is 0 Å². The number of benzene rings is 3. The second-order valence-electron chi connectivity index (χ2n) is 8.45. The minimum atomic E-state index is -0.871. The van der Waals surface area contributed by atoms with Gasteiger partial charge in [-0.05, 0) is 47.5 Å². The number of methoxy groups -OCH3 is 2. The summed E-state index contributed by atoms with van der Waals surface area (Å²) in [6.45, 7) is 0.885. The van der Waals surface area contributed by atoms with Crippen LogP contribution in [0.15, 0.2) is 78.9 Å². The molecule has 3 aromatic rings. The zero-order chi connectivity index (χ0) is 26.2. The predicted octanol–water partition coefficient (Wildman–Crippen LogP) is 3.77. The molecule has 192 valence electrons. The Labute approximate surface area is 215 Å². The molecule has 0 bridgehead atoms. The molecule has 1 heterocycles. The molecule has 4 rings (SSSR count). The standard InChI is InChI=1S/C28H29N3O6/c1-35-17-16-29-27(33)24-25(37-28(34)31(24)18-19-6-4-3-5-7-19)20-8-12-22(13-9-20)30-26(32)21-10-14-23(36-2)15-11-21/h3-15,24-25H,16-18H2,1-2H3,(H,29,33)(H,30,32)/t24-,25+/m1/s1. The summed E-state index contributed by atoms with van der Waals surface area (Å²) in [4.78, 5) is 40.0. The predicted molar refractivity (Wildman–Crippen MR) is 137 cm³/mol. The van der Waals surface area contributed by atoms with Crippen molar-refractivity contribution in [1.82, 2.24) is 10.2 Å². The fraction of sp³-hybridized carbons (Fsp3) is 0.250. The van der Waals surface area contributed by atoms with Gasteiger partial charge in [-0.2, -0.15) is 0 Å². The minimum absolute atomic E-state index is 0.231. The first-order chi connectivity index (χ1) is 18.0. The number of amides is 3. The van der Waals surface area contributed by atoms with Crippen LogP contribution in [0.1, 0.15) is 27.6 Å². The first-order valence-electron chi connectivity index (χ1n) is 11.8. The Morgan fingerprint density at radius 3 is 2.30 bits per heavy atom. The van der Waals surface area contributed by atoms with Crippen LogP contribution in [0.4, 0.5) is 10.5 Å². The average molecular weight is 504 g/mol. The molecule has 1 saturated heterocycles. The van der Waals surface area contributed by atoms with Gasteiger partial charge in [0, 0.05) is 24.9 Å². The lowest BCUT2D eigenvalue weighted by Gasteiger charge is -2.24. The van der Waals surface area contributed by atoms with Gasteiger partial charge in [-0.15, -0.1) is 0 Å². The van der Waals surface area contributed by atoms with Crippen molar-refractivity contribution >= 4 is 23.6 Å². The van der Waals surface area contributed by atoms with Crippen molar-refractivity contribution in [2.75, 3.05) is 32.7 Å². The third kappa shape index (κ3) is 6.25. The van der Waals surface area contributed by atoms with Crippen LogP contribution < -0.4 is 15.4 Å². The van der Waals surface area contributed by atoms with E-state index < -0.39 is 18.2 Å². The molecule has 0 radical (unpaired) electrons. The maximum atomic E-state index is 13.2. The molecular weight excluding hydrogens is 474 g/mol. The van der Waals surface area contributed by atoms with E-state index in [1.54, 1.807) is 62.8 Å². The topological polar surface area (TPSA) is 106 Å². The molecule has 2 atom stereocenters. The van der Waals surface area contributed by atoms with Gasteiger partial charge in [0.15, 0.2) is 12.1 Å². The molecule has 3 amide bonds. The molecule has 0 saturated carbocycles. The zero-order valence-electron chi connectivity index (χ0n) is 20.7. The molecule has 1 aliphatic rings. The van der Waals surface area contributed by atoms with Crippen LogP contribution in [0.2, 0.25) is 0 Å². The molecule has 2 N–H and O–H groups in total. The molecule has 1 fully saturated rings. The Hall–Kier alpha value is -4.37. The largest absolute Gasteiger partial charge is 0.497 e. The highest BCUT2D eigenvalue weighted by Crippen LogP contribution is 2.34. The number of hydrogen-bond donors (Lipinski definition) is 2. The molecule has 1 aliphatic heterocycles.